The molecule has 6 heteroatoms. The summed E-state index contributed by atoms with van der Waals surface area (Å²) in [6, 6.07) is 8.10. The normalized spacial score (nSPS) is 22.2. The summed E-state index contributed by atoms with van der Waals surface area (Å²) in [7, 11) is 3.81. The van der Waals surface area contributed by atoms with Crippen LogP contribution in [-0.4, -0.2) is 38.6 Å². The number of piperidine rings is 1. The molecule has 1 aliphatic rings. The molecule has 25 heavy (non-hydrogen) atoms. The molecule has 1 unspecified atom stereocenters. The van der Waals surface area contributed by atoms with Crippen LogP contribution in [0.5, 0.6) is 0 Å². The maximum atomic E-state index is 12.2. The van der Waals surface area contributed by atoms with Gasteiger partial charge in [0.2, 0.25) is 5.91 Å². The average Bonchev–Trinajstić information content (AvgIpc) is 3.04. The van der Waals surface area contributed by atoms with E-state index in [0.29, 0.717) is 6.42 Å². The van der Waals surface area contributed by atoms with Crippen LogP contribution in [0.2, 0.25) is 0 Å². The largest absolute Gasteiger partial charge is 0.392 e. The minimum atomic E-state index is -0.0928. The van der Waals surface area contributed by atoms with Gasteiger partial charge in [0.15, 0.2) is 0 Å². The fraction of sp³-hybridized carbons (Fsp3) is 0.474. The first-order chi connectivity index (χ1) is 12.0. The minimum absolute atomic E-state index is 0.0388. The fourth-order valence-electron chi connectivity index (χ4n) is 3.61. The number of carbonyl (C=O) groups excluding carboxylic acids is 1. The van der Waals surface area contributed by atoms with Crippen LogP contribution in [0.4, 0.5) is 0 Å². The number of hydrogen-bond acceptors (Lipinski definition) is 4. The second kappa shape index (κ2) is 7.37. The number of aliphatic hydroxyl groups is 1. The average molecular weight is 342 g/mol. The third-order valence-corrected chi connectivity index (χ3v) is 5.08. The lowest BCUT2D eigenvalue weighted by molar-refractivity contribution is -0.136. The topological polar surface area (TPSA) is 70.4 Å². The highest BCUT2D eigenvalue weighted by Crippen LogP contribution is 2.31. The Kier molecular flexibility index (Phi) is 5.20. The molecule has 0 radical (unpaired) electrons. The quantitative estimate of drug-likeness (QED) is 0.871. The molecule has 1 aromatic heterocycles. The van der Waals surface area contributed by atoms with Gasteiger partial charge in [-0.05, 0) is 24.5 Å². The third kappa shape index (κ3) is 3.60. The lowest BCUT2D eigenvalue weighted by Crippen LogP contribution is -2.50. The van der Waals surface area contributed by atoms with Gasteiger partial charge < -0.3 is 19.9 Å². The summed E-state index contributed by atoms with van der Waals surface area (Å²) in [6.45, 7) is 2.15. The maximum absolute atomic E-state index is 12.2. The summed E-state index contributed by atoms with van der Waals surface area (Å²) < 4.78 is 1.98. The van der Waals surface area contributed by atoms with Gasteiger partial charge in [-0.1, -0.05) is 24.3 Å². The molecular formula is C19H26N4O2. The summed E-state index contributed by atoms with van der Waals surface area (Å²) in [5.41, 5.74) is 2.03. The number of aryl methyl sites for hydroxylation is 1. The van der Waals surface area contributed by atoms with E-state index in [0.717, 1.165) is 23.4 Å². The summed E-state index contributed by atoms with van der Waals surface area (Å²) in [5, 5.41) is 13.0. The summed E-state index contributed by atoms with van der Waals surface area (Å²) in [4.78, 5) is 18.5. The van der Waals surface area contributed by atoms with Crippen molar-refractivity contribution in [3.63, 3.8) is 0 Å². The number of nitrogens with zero attached hydrogens (tertiary/aromatic N) is 3. The van der Waals surface area contributed by atoms with Crippen molar-refractivity contribution in [2.75, 3.05) is 7.05 Å². The molecular weight excluding hydrogens is 316 g/mol. The number of aromatic nitrogens is 2. The van der Waals surface area contributed by atoms with E-state index in [1.54, 1.807) is 11.1 Å². The summed E-state index contributed by atoms with van der Waals surface area (Å²) in [6.07, 6.45) is 5.00. The first-order valence-electron chi connectivity index (χ1n) is 8.70. The molecule has 1 fully saturated rings. The van der Waals surface area contributed by atoms with Gasteiger partial charge in [0.25, 0.3) is 0 Å². The number of aliphatic hydroxyl groups excluding tert-OH is 1. The molecule has 2 heterocycles. The maximum Gasteiger partial charge on any atom is 0.223 e. The van der Waals surface area contributed by atoms with Gasteiger partial charge in [-0.25, -0.2) is 4.98 Å². The molecule has 0 bridgehead atoms. The lowest BCUT2D eigenvalue weighted by Gasteiger charge is -2.40. The molecule has 2 aromatic rings. The number of benzene rings is 1. The molecule has 1 amide bonds. The Morgan fingerprint density at radius 3 is 2.88 bits per heavy atom. The highest BCUT2D eigenvalue weighted by atomic mass is 16.3. The van der Waals surface area contributed by atoms with Gasteiger partial charge in [0.1, 0.15) is 11.9 Å². The molecule has 1 aliphatic heterocycles. The van der Waals surface area contributed by atoms with E-state index >= 15 is 0 Å². The first-order valence-corrected chi connectivity index (χ1v) is 8.70. The molecule has 0 saturated carbocycles. The molecule has 3 rings (SSSR count). The van der Waals surface area contributed by atoms with Crippen LogP contribution >= 0.6 is 0 Å². The number of likely N-dealkylation sites (N-methyl/N-ethyl adjacent to an activating group) is 1. The zero-order chi connectivity index (χ0) is 18.0. The van der Waals surface area contributed by atoms with Crippen LogP contribution < -0.4 is 5.32 Å². The predicted molar refractivity (Wildman–Crippen MR) is 95.7 cm³/mol. The lowest BCUT2D eigenvalue weighted by atomic mass is 9.93. The van der Waals surface area contributed by atoms with E-state index in [4.69, 9.17) is 0 Å². The minimum Gasteiger partial charge on any atom is -0.392 e. The Balaban J connectivity index is 1.83. The molecule has 0 aliphatic carbocycles. The van der Waals surface area contributed by atoms with Gasteiger partial charge in [0, 0.05) is 45.0 Å². The van der Waals surface area contributed by atoms with Crippen LogP contribution in [-0.2, 0) is 18.4 Å². The van der Waals surface area contributed by atoms with Crippen LogP contribution in [0, 0.1) is 0 Å². The van der Waals surface area contributed by atoms with Crippen LogP contribution in [0.1, 0.15) is 48.8 Å². The number of imidazole rings is 1. The van der Waals surface area contributed by atoms with E-state index in [9.17, 15) is 9.90 Å². The monoisotopic (exact) mass is 342 g/mol. The number of hydrogen-bond donors (Lipinski definition) is 2. The third-order valence-electron chi connectivity index (χ3n) is 5.08. The van der Waals surface area contributed by atoms with E-state index in [1.165, 1.54) is 0 Å². The Hall–Kier alpha value is -2.18. The van der Waals surface area contributed by atoms with Crippen molar-refractivity contribution in [1.82, 2.24) is 19.8 Å². The Labute approximate surface area is 148 Å². The van der Waals surface area contributed by atoms with Crippen LogP contribution in [0.15, 0.2) is 36.7 Å². The molecule has 1 saturated heterocycles. The Bertz CT molecular complexity index is 743. The number of carbonyl (C=O) groups is 1. The van der Waals surface area contributed by atoms with Gasteiger partial charge in [-0.2, -0.15) is 0 Å². The Morgan fingerprint density at radius 1 is 1.40 bits per heavy atom. The Morgan fingerprint density at radius 2 is 2.20 bits per heavy atom. The molecule has 0 spiro atoms. The van der Waals surface area contributed by atoms with Crippen molar-refractivity contribution in [2.45, 2.75) is 44.5 Å². The predicted octanol–water partition coefficient (Wildman–Crippen LogP) is 1.93. The van der Waals surface area contributed by atoms with Crippen molar-refractivity contribution in [3.05, 3.63) is 53.6 Å². The zero-order valence-electron chi connectivity index (χ0n) is 15.0. The summed E-state index contributed by atoms with van der Waals surface area (Å²) in [5.74, 6) is 1.05. The molecule has 1 aromatic carbocycles. The van der Waals surface area contributed by atoms with E-state index < -0.39 is 0 Å². The second-order valence-electron chi connectivity index (χ2n) is 6.78. The number of amides is 1. The van der Waals surface area contributed by atoms with E-state index in [2.05, 4.69) is 23.3 Å². The number of likely N-dealkylation sites (tertiary alicyclic amines) is 1. The van der Waals surface area contributed by atoms with Gasteiger partial charge in [-0.3, -0.25) is 4.79 Å². The van der Waals surface area contributed by atoms with E-state index in [-0.39, 0.29) is 30.6 Å². The molecule has 6 nitrogen and oxygen atoms in total. The molecule has 2 N–H and O–H groups in total. The fourth-order valence-corrected chi connectivity index (χ4v) is 3.61. The van der Waals surface area contributed by atoms with Crippen LogP contribution in [0.25, 0.3) is 0 Å². The van der Waals surface area contributed by atoms with Crippen molar-refractivity contribution < 1.29 is 9.90 Å². The van der Waals surface area contributed by atoms with Crippen molar-refractivity contribution in [1.29, 1.82) is 0 Å². The van der Waals surface area contributed by atoms with Gasteiger partial charge in [-0.15, -0.1) is 0 Å². The molecule has 3 atom stereocenters. The van der Waals surface area contributed by atoms with E-state index in [1.807, 2.05) is 43.1 Å². The number of rotatable bonds is 5. The van der Waals surface area contributed by atoms with Gasteiger partial charge in [0.05, 0.1) is 6.61 Å². The molecule has 134 valence electrons. The van der Waals surface area contributed by atoms with Crippen molar-refractivity contribution >= 4 is 5.91 Å². The number of nitrogens with one attached hydrogen (secondary N) is 1. The first kappa shape index (κ1) is 17.6. The van der Waals surface area contributed by atoms with Gasteiger partial charge >= 0.3 is 0 Å². The SMILES string of the molecule is CC(N[C@@H]1CCC(=O)N(C)[C@H]1c1nccn1C)c1cccc(CO)c1. The second-order valence-corrected chi connectivity index (χ2v) is 6.78. The van der Waals surface area contributed by atoms with Crippen molar-refractivity contribution in [2.24, 2.45) is 7.05 Å². The zero-order valence-corrected chi connectivity index (χ0v) is 15.0. The van der Waals surface area contributed by atoms with Crippen LogP contribution in [0.3, 0.4) is 0 Å². The standard InChI is InChI=1S/C19H26N4O2/c1-13(15-6-4-5-14(11-15)12-24)21-16-7-8-17(25)23(3)18(16)19-20-9-10-22(19)2/h4-6,9-11,13,16,18,21,24H,7-8,12H2,1-3H3/t13?,16-,18-/m1/s1. The van der Waals surface area contributed by atoms with Crippen molar-refractivity contribution in [3.8, 4) is 0 Å². The summed E-state index contributed by atoms with van der Waals surface area (Å²) >= 11 is 0. The highest BCUT2D eigenvalue weighted by molar-refractivity contribution is 5.77. The smallest absolute Gasteiger partial charge is 0.223 e. The highest BCUT2D eigenvalue weighted by Gasteiger charge is 2.37.